The number of carbonyl (C=O) groups is 1. The molecule has 1 aromatic carbocycles. The average Bonchev–Trinajstić information content (AvgIpc) is 3.01. The van der Waals surface area contributed by atoms with E-state index in [2.05, 4.69) is 10.5 Å². The molecule has 7 heteroatoms. The second-order valence-electron chi connectivity index (χ2n) is 6.86. The van der Waals surface area contributed by atoms with Gasteiger partial charge in [0.25, 0.3) is 0 Å². The molecule has 2 aromatic heterocycles. The van der Waals surface area contributed by atoms with E-state index in [1.165, 1.54) is 6.42 Å². The van der Waals surface area contributed by atoms with Crippen molar-refractivity contribution in [2.75, 3.05) is 11.9 Å². The molecule has 0 unspecified atom stereocenters. The van der Waals surface area contributed by atoms with Gasteiger partial charge in [-0.25, -0.2) is 9.78 Å². The lowest BCUT2D eigenvalue weighted by Crippen LogP contribution is -2.36. The lowest BCUT2D eigenvalue weighted by Gasteiger charge is -2.25. The number of hydrogen-bond donors (Lipinski definition) is 1. The van der Waals surface area contributed by atoms with Crippen molar-refractivity contribution < 1.29 is 9.63 Å². The van der Waals surface area contributed by atoms with Crippen molar-refractivity contribution in [3.8, 4) is 0 Å². The molecule has 0 spiro atoms. The van der Waals surface area contributed by atoms with E-state index in [-0.39, 0.29) is 6.04 Å². The van der Waals surface area contributed by atoms with E-state index in [9.17, 15) is 4.79 Å². The molecule has 140 valence electrons. The average molecular weight is 385 g/mol. The highest BCUT2D eigenvalue weighted by molar-refractivity contribution is 6.30. The molecule has 3 aromatic rings. The number of anilines is 2. The molecule has 0 radical (unpaired) electrons. The van der Waals surface area contributed by atoms with Crippen molar-refractivity contribution in [1.29, 1.82) is 0 Å². The summed E-state index contributed by atoms with van der Waals surface area (Å²) >= 11 is 6.12. The number of hydroxylamine groups is 1. The number of aromatic nitrogens is 2. The topological polar surface area (TPSA) is 59.4 Å². The molecule has 0 aliphatic heterocycles. The maximum absolute atomic E-state index is 12.6. The lowest BCUT2D eigenvalue weighted by atomic mass is 9.94. The Morgan fingerprint density at radius 1 is 1.37 bits per heavy atom. The number of benzene rings is 1. The van der Waals surface area contributed by atoms with Crippen LogP contribution >= 0.6 is 11.6 Å². The minimum Gasteiger partial charge on any atom is -0.366 e. The van der Waals surface area contributed by atoms with Gasteiger partial charge in [0.05, 0.1) is 5.52 Å². The normalized spacial score (nSPS) is 14.2. The van der Waals surface area contributed by atoms with Crippen LogP contribution in [0.1, 0.15) is 29.6 Å². The van der Waals surface area contributed by atoms with Crippen LogP contribution in [0.15, 0.2) is 42.7 Å². The number of halogens is 1. The monoisotopic (exact) mass is 384 g/mol. The van der Waals surface area contributed by atoms with Crippen LogP contribution in [0.5, 0.6) is 0 Å². The summed E-state index contributed by atoms with van der Waals surface area (Å²) in [5, 5.41) is 1.53. The first kappa shape index (κ1) is 17.8. The molecule has 1 N–H and O–H groups in total. The quantitative estimate of drug-likeness (QED) is 0.668. The van der Waals surface area contributed by atoms with Crippen LogP contribution in [0.25, 0.3) is 10.9 Å². The Hall–Kier alpha value is -2.57. The number of fused-ring (bicyclic) bond motifs is 1. The van der Waals surface area contributed by atoms with E-state index in [1.807, 2.05) is 60.1 Å². The standard InChI is InChI=1S/C20H21ClN4O2/c1-24-10-9-16-18(24)17(20(26)27-23-14-6-4-7-14)12-22-19(16)25(2)15-8-3-5-13(21)11-15/h3,5,8-12,14,23H,4,6-7H2,1-2H3. The number of hydrogen-bond acceptors (Lipinski definition) is 5. The van der Waals surface area contributed by atoms with Gasteiger partial charge in [-0.3, -0.25) is 0 Å². The van der Waals surface area contributed by atoms with E-state index in [4.69, 9.17) is 16.4 Å². The largest absolute Gasteiger partial charge is 0.366 e. The van der Waals surface area contributed by atoms with Crippen LogP contribution in [0.3, 0.4) is 0 Å². The number of pyridine rings is 1. The number of carbonyl (C=O) groups excluding carboxylic acids is 1. The molecule has 1 saturated carbocycles. The molecular weight excluding hydrogens is 364 g/mol. The Labute approximate surface area is 162 Å². The molecule has 1 fully saturated rings. The van der Waals surface area contributed by atoms with Crippen LogP contribution in [0.2, 0.25) is 5.02 Å². The molecule has 1 aliphatic rings. The number of nitrogens with one attached hydrogen (secondary N) is 1. The van der Waals surface area contributed by atoms with Crippen molar-refractivity contribution in [3.05, 3.63) is 53.3 Å². The number of nitrogens with zero attached hydrogens (tertiary/aromatic N) is 3. The van der Waals surface area contributed by atoms with Crippen LogP contribution < -0.4 is 10.4 Å². The molecular formula is C20H21ClN4O2. The van der Waals surface area contributed by atoms with Crippen molar-refractivity contribution in [2.24, 2.45) is 7.05 Å². The summed E-state index contributed by atoms with van der Waals surface area (Å²) in [6.07, 6.45) is 6.73. The second kappa shape index (κ2) is 7.21. The smallest absolute Gasteiger partial charge is 0.360 e. The Kier molecular flexibility index (Phi) is 4.76. The highest BCUT2D eigenvalue weighted by Crippen LogP contribution is 2.32. The van der Waals surface area contributed by atoms with Gasteiger partial charge in [0.15, 0.2) is 0 Å². The van der Waals surface area contributed by atoms with Crippen molar-refractivity contribution in [2.45, 2.75) is 25.3 Å². The Balaban J connectivity index is 1.69. The fraction of sp³-hybridized carbons (Fsp3) is 0.300. The van der Waals surface area contributed by atoms with Crippen LogP contribution in [0.4, 0.5) is 11.5 Å². The number of rotatable bonds is 5. The van der Waals surface area contributed by atoms with Gasteiger partial charge < -0.3 is 14.3 Å². The second-order valence-corrected chi connectivity index (χ2v) is 7.29. The highest BCUT2D eigenvalue weighted by atomic mass is 35.5. The van der Waals surface area contributed by atoms with Crippen LogP contribution in [-0.2, 0) is 11.9 Å². The molecule has 2 heterocycles. The molecule has 6 nitrogen and oxygen atoms in total. The van der Waals surface area contributed by atoms with Gasteiger partial charge in [0.1, 0.15) is 11.4 Å². The zero-order valence-electron chi connectivity index (χ0n) is 15.3. The Morgan fingerprint density at radius 3 is 2.89 bits per heavy atom. The van der Waals surface area contributed by atoms with Gasteiger partial charge in [0, 0.05) is 48.6 Å². The summed E-state index contributed by atoms with van der Waals surface area (Å²) in [4.78, 5) is 24.4. The Morgan fingerprint density at radius 2 is 2.19 bits per heavy atom. The SMILES string of the molecule is CN(c1cccc(Cl)c1)c1ncc(C(=O)ONC2CCC2)c2c1ccn2C. The molecule has 0 bridgehead atoms. The summed E-state index contributed by atoms with van der Waals surface area (Å²) in [6.45, 7) is 0. The predicted octanol–water partition coefficient (Wildman–Crippen LogP) is 4.21. The first-order valence-electron chi connectivity index (χ1n) is 8.94. The van der Waals surface area contributed by atoms with E-state index in [0.717, 1.165) is 35.2 Å². The lowest BCUT2D eigenvalue weighted by molar-refractivity contribution is 0.00605. The summed E-state index contributed by atoms with van der Waals surface area (Å²) in [7, 11) is 3.83. The van der Waals surface area contributed by atoms with E-state index in [0.29, 0.717) is 10.6 Å². The summed E-state index contributed by atoms with van der Waals surface area (Å²) in [5.74, 6) is 0.328. The van der Waals surface area contributed by atoms with Gasteiger partial charge in [-0.1, -0.05) is 24.1 Å². The molecule has 0 amide bonds. The van der Waals surface area contributed by atoms with Gasteiger partial charge in [0.2, 0.25) is 0 Å². The fourth-order valence-electron chi connectivity index (χ4n) is 3.24. The summed E-state index contributed by atoms with van der Waals surface area (Å²) in [5.41, 5.74) is 4.99. The molecule has 4 rings (SSSR count). The first-order valence-corrected chi connectivity index (χ1v) is 9.32. The maximum Gasteiger partial charge on any atom is 0.360 e. The van der Waals surface area contributed by atoms with E-state index >= 15 is 0 Å². The molecule has 27 heavy (non-hydrogen) atoms. The molecule has 0 atom stereocenters. The number of aryl methyl sites for hydroxylation is 1. The third kappa shape index (κ3) is 3.38. The van der Waals surface area contributed by atoms with Gasteiger partial charge in [-0.15, -0.1) is 5.48 Å². The fourth-order valence-corrected chi connectivity index (χ4v) is 3.43. The molecule has 1 aliphatic carbocycles. The van der Waals surface area contributed by atoms with Gasteiger partial charge in [-0.2, -0.15) is 0 Å². The van der Waals surface area contributed by atoms with Gasteiger partial charge in [-0.05, 0) is 37.1 Å². The molecule has 0 saturated heterocycles. The highest BCUT2D eigenvalue weighted by Gasteiger charge is 2.23. The third-order valence-electron chi connectivity index (χ3n) is 5.04. The summed E-state index contributed by atoms with van der Waals surface area (Å²) in [6, 6.07) is 9.79. The van der Waals surface area contributed by atoms with E-state index < -0.39 is 5.97 Å². The first-order chi connectivity index (χ1) is 13.0. The zero-order valence-corrected chi connectivity index (χ0v) is 16.0. The Bertz CT molecular complexity index is 997. The van der Waals surface area contributed by atoms with Crippen LogP contribution in [-0.4, -0.2) is 28.6 Å². The zero-order chi connectivity index (χ0) is 19.0. The van der Waals surface area contributed by atoms with Crippen molar-refractivity contribution >= 4 is 40.0 Å². The summed E-state index contributed by atoms with van der Waals surface area (Å²) < 4.78 is 1.91. The predicted molar refractivity (Wildman–Crippen MR) is 106 cm³/mol. The van der Waals surface area contributed by atoms with Crippen molar-refractivity contribution in [1.82, 2.24) is 15.0 Å². The van der Waals surface area contributed by atoms with Crippen LogP contribution in [0, 0.1) is 0 Å². The van der Waals surface area contributed by atoms with Crippen molar-refractivity contribution in [3.63, 3.8) is 0 Å². The van der Waals surface area contributed by atoms with Gasteiger partial charge >= 0.3 is 5.97 Å². The maximum atomic E-state index is 12.6. The third-order valence-corrected chi connectivity index (χ3v) is 5.28. The van der Waals surface area contributed by atoms with E-state index in [1.54, 1.807) is 6.20 Å². The minimum absolute atomic E-state index is 0.263. The minimum atomic E-state index is -0.418.